The maximum Gasteiger partial charge on any atom is 0.325 e. The molecule has 0 aliphatic rings. The molecule has 24 heavy (non-hydrogen) atoms. The van der Waals surface area contributed by atoms with E-state index >= 15 is 0 Å². The van der Waals surface area contributed by atoms with Gasteiger partial charge in [-0.05, 0) is 19.4 Å². The molecule has 1 aromatic carbocycles. The Kier molecular flexibility index (Phi) is 4.66. The average molecular weight is 344 g/mol. The van der Waals surface area contributed by atoms with Crippen LogP contribution in [0.25, 0.3) is 0 Å². The minimum atomic E-state index is -0.528. The van der Waals surface area contributed by atoms with Crippen LogP contribution in [0, 0.1) is 6.92 Å². The number of rotatable bonds is 5. The van der Waals surface area contributed by atoms with Gasteiger partial charge in [0.05, 0.1) is 6.42 Å². The summed E-state index contributed by atoms with van der Waals surface area (Å²) in [5.74, 6) is 0.332. The molecule has 3 rings (SSSR count). The lowest BCUT2D eigenvalue weighted by Crippen LogP contribution is -2.27. The number of aromatic nitrogens is 4. The van der Waals surface area contributed by atoms with Crippen molar-refractivity contribution in [3.63, 3.8) is 0 Å². The number of thioether (sulfide) groups is 1. The van der Waals surface area contributed by atoms with Crippen molar-refractivity contribution in [1.82, 2.24) is 20.2 Å². The predicted octanol–water partition coefficient (Wildman–Crippen LogP) is 2.20. The quantitative estimate of drug-likeness (QED) is 0.688. The summed E-state index contributed by atoms with van der Waals surface area (Å²) in [6.07, 6.45) is 0.172. The van der Waals surface area contributed by atoms with Gasteiger partial charge in [-0.3, -0.25) is 9.78 Å². The summed E-state index contributed by atoms with van der Waals surface area (Å²) in [6.45, 7) is 3.72. The molecule has 124 valence electrons. The number of hydrogen-bond acceptors (Lipinski definition) is 6. The lowest BCUT2D eigenvalue weighted by Gasteiger charge is -2.07. The first-order valence-electron chi connectivity index (χ1n) is 7.39. The van der Waals surface area contributed by atoms with Gasteiger partial charge in [-0.25, -0.2) is 4.79 Å². The molecule has 0 saturated heterocycles. The van der Waals surface area contributed by atoms with Crippen molar-refractivity contribution in [1.29, 1.82) is 0 Å². The fourth-order valence-corrected chi connectivity index (χ4v) is 3.12. The SMILES string of the molecule is Cc1[nH]c(=O)[nH]c(=O)c1Cc1nnc(SC(C)c2ccccc2)o1. The molecule has 1 unspecified atom stereocenters. The summed E-state index contributed by atoms with van der Waals surface area (Å²) < 4.78 is 5.62. The summed E-state index contributed by atoms with van der Waals surface area (Å²) in [5.41, 5.74) is 1.09. The molecule has 0 fully saturated rings. The highest BCUT2D eigenvalue weighted by molar-refractivity contribution is 7.99. The van der Waals surface area contributed by atoms with Crippen LogP contribution >= 0.6 is 11.8 Å². The Morgan fingerprint density at radius 1 is 1.17 bits per heavy atom. The van der Waals surface area contributed by atoms with Crippen molar-refractivity contribution in [2.45, 2.75) is 30.7 Å². The van der Waals surface area contributed by atoms with Gasteiger partial charge in [0.1, 0.15) is 0 Å². The van der Waals surface area contributed by atoms with Crippen molar-refractivity contribution in [2.24, 2.45) is 0 Å². The molecule has 1 atom stereocenters. The number of benzene rings is 1. The zero-order valence-electron chi connectivity index (χ0n) is 13.2. The second kappa shape index (κ2) is 6.88. The standard InChI is InChI=1S/C16H16N4O3S/c1-9-12(14(21)18-15(22)17-9)8-13-19-20-16(23-13)24-10(2)11-6-4-3-5-7-11/h3-7,10H,8H2,1-2H3,(H2,17,18,21,22). The van der Waals surface area contributed by atoms with Crippen molar-refractivity contribution >= 4 is 11.8 Å². The van der Waals surface area contributed by atoms with E-state index in [1.807, 2.05) is 30.3 Å². The molecule has 0 spiro atoms. The molecule has 2 N–H and O–H groups in total. The van der Waals surface area contributed by atoms with Crippen LogP contribution in [0.3, 0.4) is 0 Å². The van der Waals surface area contributed by atoms with Crippen LogP contribution in [0.1, 0.15) is 34.9 Å². The van der Waals surface area contributed by atoms with E-state index in [4.69, 9.17) is 4.42 Å². The molecule has 7 nitrogen and oxygen atoms in total. The third kappa shape index (κ3) is 3.65. The summed E-state index contributed by atoms with van der Waals surface area (Å²) >= 11 is 1.45. The summed E-state index contributed by atoms with van der Waals surface area (Å²) in [5, 5.41) is 8.61. The first kappa shape index (κ1) is 16.3. The number of nitrogens with one attached hydrogen (secondary N) is 2. The van der Waals surface area contributed by atoms with E-state index in [1.54, 1.807) is 6.92 Å². The molecule has 8 heteroatoms. The molecule has 3 aromatic rings. The first-order valence-corrected chi connectivity index (χ1v) is 8.27. The fraction of sp³-hybridized carbons (Fsp3) is 0.250. The van der Waals surface area contributed by atoms with Gasteiger partial charge < -0.3 is 9.40 Å². The zero-order valence-corrected chi connectivity index (χ0v) is 14.0. The summed E-state index contributed by atoms with van der Waals surface area (Å²) in [7, 11) is 0. The average Bonchev–Trinajstić information content (AvgIpc) is 2.99. The Balaban J connectivity index is 1.75. The van der Waals surface area contributed by atoms with Crippen LogP contribution in [0.2, 0.25) is 0 Å². The van der Waals surface area contributed by atoms with Gasteiger partial charge in [0, 0.05) is 16.5 Å². The van der Waals surface area contributed by atoms with E-state index in [0.717, 1.165) is 5.56 Å². The van der Waals surface area contributed by atoms with Gasteiger partial charge in [-0.1, -0.05) is 42.1 Å². The minimum Gasteiger partial charge on any atom is -0.416 e. The highest BCUT2D eigenvalue weighted by Crippen LogP contribution is 2.33. The van der Waals surface area contributed by atoms with E-state index in [9.17, 15) is 9.59 Å². The van der Waals surface area contributed by atoms with Crippen molar-refractivity contribution in [3.8, 4) is 0 Å². The van der Waals surface area contributed by atoms with E-state index in [-0.39, 0.29) is 11.7 Å². The highest BCUT2D eigenvalue weighted by Gasteiger charge is 2.15. The third-order valence-corrected chi connectivity index (χ3v) is 4.57. The van der Waals surface area contributed by atoms with Gasteiger partial charge in [-0.2, -0.15) is 0 Å². The Morgan fingerprint density at radius 3 is 2.62 bits per heavy atom. The molecular formula is C16H16N4O3S. The molecule has 0 radical (unpaired) electrons. The zero-order chi connectivity index (χ0) is 17.1. The maximum absolute atomic E-state index is 11.9. The predicted molar refractivity (Wildman–Crippen MR) is 90.2 cm³/mol. The number of aryl methyl sites for hydroxylation is 1. The Hall–Kier alpha value is -2.61. The van der Waals surface area contributed by atoms with Crippen molar-refractivity contribution < 1.29 is 4.42 Å². The lowest BCUT2D eigenvalue weighted by molar-refractivity contribution is 0.419. The van der Waals surface area contributed by atoms with Crippen LogP contribution in [-0.2, 0) is 6.42 Å². The molecule has 2 aromatic heterocycles. The Morgan fingerprint density at radius 2 is 1.92 bits per heavy atom. The molecule has 0 saturated carbocycles. The van der Waals surface area contributed by atoms with Crippen molar-refractivity contribution in [2.75, 3.05) is 0 Å². The lowest BCUT2D eigenvalue weighted by atomic mass is 10.2. The Bertz CT molecular complexity index is 946. The number of H-pyrrole nitrogens is 2. The van der Waals surface area contributed by atoms with E-state index in [2.05, 4.69) is 27.1 Å². The van der Waals surface area contributed by atoms with Gasteiger partial charge in [0.2, 0.25) is 5.89 Å². The summed E-state index contributed by atoms with van der Waals surface area (Å²) in [4.78, 5) is 27.8. The molecular weight excluding hydrogens is 328 g/mol. The molecule has 0 aliphatic heterocycles. The van der Waals surface area contributed by atoms with Crippen LogP contribution in [0.15, 0.2) is 49.6 Å². The van der Waals surface area contributed by atoms with E-state index in [1.165, 1.54) is 11.8 Å². The summed E-state index contributed by atoms with van der Waals surface area (Å²) in [6, 6.07) is 10.0. The molecule has 0 aliphatic carbocycles. The van der Waals surface area contributed by atoms with Crippen LogP contribution in [0.4, 0.5) is 0 Å². The van der Waals surface area contributed by atoms with Gasteiger partial charge >= 0.3 is 5.69 Å². The largest absolute Gasteiger partial charge is 0.416 e. The van der Waals surface area contributed by atoms with Crippen LogP contribution < -0.4 is 11.2 Å². The molecule has 2 heterocycles. The molecule has 0 bridgehead atoms. The second-order valence-corrected chi connectivity index (χ2v) is 6.61. The van der Waals surface area contributed by atoms with E-state index < -0.39 is 11.2 Å². The highest BCUT2D eigenvalue weighted by atomic mass is 32.2. The first-order chi connectivity index (χ1) is 11.5. The topological polar surface area (TPSA) is 105 Å². The van der Waals surface area contributed by atoms with Gasteiger partial charge in [-0.15, -0.1) is 10.2 Å². The van der Waals surface area contributed by atoms with E-state index in [0.29, 0.717) is 22.4 Å². The minimum absolute atomic E-state index is 0.165. The molecule has 0 amide bonds. The van der Waals surface area contributed by atoms with Gasteiger partial charge in [0.25, 0.3) is 10.8 Å². The van der Waals surface area contributed by atoms with Gasteiger partial charge in [0.15, 0.2) is 0 Å². The Labute approximate surface area is 141 Å². The normalized spacial score (nSPS) is 12.2. The number of hydrogen-bond donors (Lipinski definition) is 2. The monoisotopic (exact) mass is 344 g/mol. The maximum atomic E-state index is 11.9. The van der Waals surface area contributed by atoms with Crippen LogP contribution in [0.5, 0.6) is 0 Å². The van der Waals surface area contributed by atoms with Crippen LogP contribution in [-0.4, -0.2) is 20.2 Å². The fourth-order valence-electron chi connectivity index (χ4n) is 2.29. The third-order valence-electron chi connectivity index (χ3n) is 3.58. The number of nitrogens with zero attached hydrogens (tertiary/aromatic N) is 2. The van der Waals surface area contributed by atoms with Crippen molar-refractivity contribution in [3.05, 3.63) is 73.9 Å². The number of aromatic amines is 2. The second-order valence-electron chi connectivity index (χ2n) is 5.32. The smallest absolute Gasteiger partial charge is 0.325 e.